The first-order valence-electron chi connectivity index (χ1n) is 7.89. The van der Waals surface area contributed by atoms with Crippen molar-refractivity contribution in [3.05, 3.63) is 0 Å². The van der Waals surface area contributed by atoms with E-state index in [1.54, 1.807) is 7.11 Å². The van der Waals surface area contributed by atoms with Crippen molar-refractivity contribution in [1.82, 2.24) is 0 Å². The van der Waals surface area contributed by atoms with Crippen molar-refractivity contribution in [3.8, 4) is 0 Å². The van der Waals surface area contributed by atoms with Crippen LogP contribution in [0.3, 0.4) is 0 Å². The van der Waals surface area contributed by atoms with Crippen LogP contribution in [0.5, 0.6) is 0 Å². The Hall–Kier alpha value is -0.410. The van der Waals surface area contributed by atoms with Crippen LogP contribution >= 0.6 is 0 Å². The summed E-state index contributed by atoms with van der Waals surface area (Å²) >= 11 is 0. The Kier molecular flexibility index (Phi) is 3.69. The van der Waals surface area contributed by atoms with E-state index in [9.17, 15) is 4.79 Å². The van der Waals surface area contributed by atoms with Gasteiger partial charge in [0.05, 0.1) is 0 Å². The van der Waals surface area contributed by atoms with Gasteiger partial charge in [-0.3, -0.25) is 4.79 Å². The van der Waals surface area contributed by atoms with E-state index in [4.69, 9.17) is 10.5 Å². The lowest BCUT2D eigenvalue weighted by molar-refractivity contribution is -0.144. The van der Waals surface area contributed by atoms with Gasteiger partial charge in [0.15, 0.2) is 0 Å². The van der Waals surface area contributed by atoms with Crippen molar-refractivity contribution >= 4 is 5.78 Å². The Morgan fingerprint density at radius 2 is 1.74 bits per heavy atom. The van der Waals surface area contributed by atoms with E-state index < -0.39 is 0 Å². The molecule has 4 saturated carbocycles. The number of ether oxygens (including phenoxy) is 1. The molecule has 3 nitrogen and oxygen atoms in total. The molecule has 3 heteroatoms. The van der Waals surface area contributed by atoms with Gasteiger partial charge in [-0.1, -0.05) is 0 Å². The second kappa shape index (κ2) is 5.17. The van der Waals surface area contributed by atoms with E-state index in [1.807, 2.05) is 0 Å². The Balaban J connectivity index is 1.63. The van der Waals surface area contributed by atoms with Crippen LogP contribution in [0.15, 0.2) is 0 Å². The molecule has 0 aromatic carbocycles. The van der Waals surface area contributed by atoms with E-state index in [1.165, 1.54) is 19.3 Å². The predicted molar refractivity (Wildman–Crippen MR) is 74.7 cm³/mol. The zero-order valence-corrected chi connectivity index (χ0v) is 12.1. The average Bonchev–Trinajstić information content (AvgIpc) is 2.34. The molecular weight excluding hydrogens is 238 g/mol. The fourth-order valence-corrected chi connectivity index (χ4v) is 5.28. The standard InChI is InChI=1S/C16H27NO2/c1-19-3-2-14(17)7-15(18)16-8-11-4-12(9-16)6-13(5-11)10-16/h11-14H,2-10,17H2,1H3. The lowest BCUT2D eigenvalue weighted by atomic mass is 9.48. The maximum absolute atomic E-state index is 12.7. The Labute approximate surface area is 116 Å². The summed E-state index contributed by atoms with van der Waals surface area (Å²) < 4.78 is 5.05. The molecule has 4 bridgehead atoms. The van der Waals surface area contributed by atoms with Crippen LogP contribution in [0.4, 0.5) is 0 Å². The minimum atomic E-state index is -0.0135. The molecule has 0 amide bonds. The summed E-state index contributed by atoms with van der Waals surface area (Å²) in [6.07, 6.45) is 9.02. The van der Waals surface area contributed by atoms with Gasteiger partial charge in [0.1, 0.15) is 5.78 Å². The predicted octanol–water partition coefficient (Wildman–Crippen LogP) is 2.53. The van der Waals surface area contributed by atoms with Crippen molar-refractivity contribution in [2.24, 2.45) is 28.9 Å². The molecule has 0 heterocycles. The molecule has 4 rings (SSSR count). The van der Waals surface area contributed by atoms with Gasteiger partial charge in [-0.05, 0) is 62.7 Å². The third kappa shape index (κ3) is 2.59. The van der Waals surface area contributed by atoms with Crippen molar-refractivity contribution in [3.63, 3.8) is 0 Å². The molecule has 0 radical (unpaired) electrons. The lowest BCUT2D eigenvalue weighted by Gasteiger charge is -2.56. The van der Waals surface area contributed by atoms with Gasteiger partial charge < -0.3 is 10.5 Å². The summed E-state index contributed by atoms with van der Waals surface area (Å²) in [5, 5.41) is 0. The summed E-state index contributed by atoms with van der Waals surface area (Å²) in [5.74, 6) is 2.98. The third-order valence-electron chi connectivity index (χ3n) is 5.77. The fourth-order valence-electron chi connectivity index (χ4n) is 5.28. The molecule has 0 spiro atoms. The minimum absolute atomic E-state index is 0.0135. The molecule has 108 valence electrons. The van der Waals surface area contributed by atoms with E-state index >= 15 is 0 Å². The number of hydrogen-bond acceptors (Lipinski definition) is 3. The normalized spacial score (nSPS) is 41.5. The van der Waals surface area contributed by atoms with Gasteiger partial charge in [0, 0.05) is 31.6 Å². The minimum Gasteiger partial charge on any atom is -0.385 e. The lowest BCUT2D eigenvalue weighted by Crippen LogP contribution is -2.51. The first-order valence-corrected chi connectivity index (χ1v) is 7.89. The van der Waals surface area contributed by atoms with Gasteiger partial charge in [-0.2, -0.15) is 0 Å². The van der Waals surface area contributed by atoms with Gasteiger partial charge in [0.2, 0.25) is 0 Å². The number of carbonyl (C=O) groups is 1. The van der Waals surface area contributed by atoms with E-state index in [0.29, 0.717) is 18.8 Å². The number of ketones is 1. The molecule has 19 heavy (non-hydrogen) atoms. The smallest absolute Gasteiger partial charge is 0.140 e. The van der Waals surface area contributed by atoms with Crippen molar-refractivity contribution < 1.29 is 9.53 Å². The molecule has 2 N–H and O–H groups in total. The molecule has 4 aliphatic carbocycles. The zero-order valence-electron chi connectivity index (χ0n) is 12.1. The molecule has 0 aromatic heterocycles. The SMILES string of the molecule is COCCC(N)CC(=O)C12CC3CC(CC(C3)C1)C2. The van der Waals surface area contributed by atoms with E-state index in [-0.39, 0.29) is 11.5 Å². The van der Waals surface area contributed by atoms with E-state index in [0.717, 1.165) is 43.4 Å². The highest BCUT2D eigenvalue weighted by atomic mass is 16.5. The number of methoxy groups -OCH3 is 1. The van der Waals surface area contributed by atoms with Crippen molar-refractivity contribution in [2.45, 2.75) is 57.4 Å². The van der Waals surface area contributed by atoms with E-state index in [2.05, 4.69) is 0 Å². The summed E-state index contributed by atoms with van der Waals surface area (Å²) in [6.45, 7) is 0.662. The largest absolute Gasteiger partial charge is 0.385 e. The highest BCUT2D eigenvalue weighted by Gasteiger charge is 2.54. The summed E-state index contributed by atoms with van der Waals surface area (Å²) in [4.78, 5) is 12.7. The van der Waals surface area contributed by atoms with Crippen molar-refractivity contribution in [2.75, 3.05) is 13.7 Å². The van der Waals surface area contributed by atoms with Crippen LogP contribution < -0.4 is 5.73 Å². The number of Topliss-reactive ketones (excluding diaryl/α,β-unsaturated/α-hetero) is 1. The Morgan fingerprint density at radius 1 is 1.21 bits per heavy atom. The Morgan fingerprint density at radius 3 is 2.21 bits per heavy atom. The maximum atomic E-state index is 12.7. The molecule has 0 aromatic rings. The molecule has 4 aliphatic rings. The van der Waals surface area contributed by atoms with Crippen LogP contribution in [0.25, 0.3) is 0 Å². The fraction of sp³-hybridized carbons (Fsp3) is 0.938. The zero-order chi connectivity index (χ0) is 13.5. The van der Waals surface area contributed by atoms with Crippen molar-refractivity contribution in [1.29, 1.82) is 0 Å². The van der Waals surface area contributed by atoms with Gasteiger partial charge in [-0.15, -0.1) is 0 Å². The highest BCUT2D eigenvalue weighted by Crippen LogP contribution is 2.60. The second-order valence-corrected chi connectivity index (χ2v) is 7.37. The molecule has 1 unspecified atom stereocenters. The molecule has 0 aliphatic heterocycles. The molecule has 1 atom stereocenters. The summed E-state index contributed by atoms with van der Waals surface area (Å²) in [7, 11) is 1.69. The van der Waals surface area contributed by atoms with Gasteiger partial charge in [-0.25, -0.2) is 0 Å². The summed E-state index contributed by atoms with van der Waals surface area (Å²) in [6, 6.07) is -0.0135. The number of hydrogen-bond donors (Lipinski definition) is 1. The number of nitrogens with two attached hydrogens (primary N) is 1. The number of carbonyl (C=O) groups excluding carboxylic acids is 1. The quantitative estimate of drug-likeness (QED) is 0.803. The van der Waals surface area contributed by atoms with Crippen LogP contribution in [0.1, 0.15) is 51.4 Å². The van der Waals surface area contributed by atoms with Gasteiger partial charge in [0.25, 0.3) is 0 Å². The second-order valence-electron chi connectivity index (χ2n) is 7.37. The molecular formula is C16H27NO2. The maximum Gasteiger partial charge on any atom is 0.140 e. The first kappa shape index (κ1) is 13.6. The van der Waals surface area contributed by atoms with Crippen LogP contribution in [-0.4, -0.2) is 25.5 Å². The summed E-state index contributed by atoms with van der Waals surface area (Å²) in [5.41, 5.74) is 6.11. The van der Waals surface area contributed by atoms with Crippen LogP contribution in [0, 0.1) is 23.2 Å². The monoisotopic (exact) mass is 265 g/mol. The Bertz CT molecular complexity index is 317. The van der Waals surface area contributed by atoms with Crippen LogP contribution in [-0.2, 0) is 9.53 Å². The highest BCUT2D eigenvalue weighted by molar-refractivity contribution is 5.85. The molecule has 4 fully saturated rings. The molecule has 0 saturated heterocycles. The first-order chi connectivity index (χ1) is 9.11. The van der Waals surface area contributed by atoms with Crippen LogP contribution in [0.2, 0.25) is 0 Å². The van der Waals surface area contributed by atoms with Gasteiger partial charge >= 0.3 is 0 Å². The topological polar surface area (TPSA) is 52.3 Å². The average molecular weight is 265 g/mol. The number of rotatable bonds is 6. The third-order valence-corrected chi connectivity index (χ3v) is 5.77.